The SMILES string of the molecule is CN1CC=C(c2ccccc2)N(c2ccccc2)C1=O. The summed E-state index contributed by atoms with van der Waals surface area (Å²) in [6.07, 6.45) is 2.09. The van der Waals surface area contributed by atoms with Gasteiger partial charge in [0.25, 0.3) is 0 Å². The van der Waals surface area contributed by atoms with E-state index in [-0.39, 0.29) is 6.03 Å². The lowest BCUT2D eigenvalue weighted by molar-refractivity contribution is 0.221. The molecule has 2 aromatic carbocycles. The maximum atomic E-state index is 12.5. The predicted octanol–water partition coefficient (Wildman–Crippen LogP) is 3.60. The highest BCUT2D eigenvalue weighted by atomic mass is 16.2. The minimum atomic E-state index is -0.00227. The van der Waals surface area contributed by atoms with Crippen LogP contribution in [0.4, 0.5) is 10.5 Å². The molecule has 0 unspecified atom stereocenters. The van der Waals surface area contributed by atoms with Crippen molar-refractivity contribution < 1.29 is 4.79 Å². The van der Waals surface area contributed by atoms with Crippen LogP contribution in [-0.4, -0.2) is 24.5 Å². The average Bonchev–Trinajstić information content (AvgIpc) is 2.51. The Labute approximate surface area is 118 Å². The third kappa shape index (κ3) is 2.18. The minimum Gasteiger partial charge on any atom is -0.323 e. The van der Waals surface area contributed by atoms with Gasteiger partial charge in [-0.05, 0) is 23.8 Å². The number of rotatable bonds is 2. The van der Waals surface area contributed by atoms with E-state index in [0.717, 1.165) is 16.9 Å². The van der Waals surface area contributed by atoms with Crippen LogP contribution in [0.5, 0.6) is 0 Å². The number of carbonyl (C=O) groups excluding carboxylic acids is 1. The summed E-state index contributed by atoms with van der Waals surface area (Å²) in [5.41, 5.74) is 2.89. The Bertz CT molecular complexity index is 635. The maximum Gasteiger partial charge on any atom is 0.329 e. The Hall–Kier alpha value is -2.55. The summed E-state index contributed by atoms with van der Waals surface area (Å²) >= 11 is 0. The first-order valence-corrected chi connectivity index (χ1v) is 6.63. The lowest BCUT2D eigenvalue weighted by Crippen LogP contribution is -2.43. The van der Waals surface area contributed by atoms with E-state index >= 15 is 0 Å². The summed E-state index contributed by atoms with van der Waals surface area (Å²) in [6.45, 7) is 0.631. The Morgan fingerprint density at radius 1 is 0.900 bits per heavy atom. The molecule has 2 amide bonds. The zero-order chi connectivity index (χ0) is 13.9. The largest absolute Gasteiger partial charge is 0.329 e. The molecule has 1 aliphatic heterocycles. The lowest BCUT2D eigenvalue weighted by Gasteiger charge is -2.34. The van der Waals surface area contributed by atoms with Crippen molar-refractivity contribution in [2.45, 2.75) is 0 Å². The number of amides is 2. The molecule has 0 fully saturated rings. The number of likely N-dealkylation sites (N-methyl/N-ethyl adjacent to an activating group) is 1. The van der Waals surface area contributed by atoms with Crippen LogP contribution in [0.3, 0.4) is 0 Å². The molecule has 0 N–H and O–H groups in total. The molecule has 20 heavy (non-hydrogen) atoms. The number of carbonyl (C=O) groups is 1. The van der Waals surface area contributed by atoms with E-state index in [9.17, 15) is 4.79 Å². The summed E-state index contributed by atoms with van der Waals surface area (Å²) in [5, 5.41) is 0. The molecule has 0 saturated carbocycles. The van der Waals surface area contributed by atoms with Gasteiger partial charge in [0.2, 0.25) is 0 Å². The molecular formula is C17H16N2O. The molecule has 3 rings (SSSR count). The van der Waals surface area contributed by atoms with E-state index in [1.807, 2.05) is 67.7 Å². The molecule has 1 heterocycles. The van der Waals surface area contributed by atoms with Gasteiger partial charge in [-0.3, -0.25) is 4.90 Å². The number of hydrogen-bond acceptors (Lipinski definition) is 1. The van der Waals surface area contributed by atoms with E-state index in [2.05, 4.69) is 6.08 Å². The fraction of sp³-hybridized carbons (Fsp3) is 0.118. The fourth-order valence-electron chi connectivity index (χ4n) is 2.35. The summed E-state index contributed by atoms with van der Waals surface area (Å²) in [6, 6.07) is 19.8. The zero-order valence-corrected chi connectivity index (χ0v) is 11.4. The van der Waals surface area contributed by atoms with Gasteiger partial charge in [-0.15, -0.1) is 0 Å². The van der Waals surface area contributed by atoms with E-state index in [0.29, 0.717) is 6.54 Å². The summed E-state index contributed by atoms with van der Waals surface area (Å²) in [5.74, 6) is 0. The van der Waals surface area contributed by atoms with Crippen LogP contribution in [0.2, 0.25) is 0 Å². The normalized spacial score (nSPS) is 15.2. The van der Waals surface area contributed by atoms with E-state index < -0.39 is 0 Å². The summed E-state index contributed by atoms with van der Waals surface area (Å²) in [7, 11) is 1.82. The zero-order valence-electron chi connectivity index (χ0n) is 11.4. The number of anilines is 1. The fourth-order valence-corrected chi connectivity index (χ4v) is 2.35. The van der Waals surface area contributed by atoms with Gasteiger partial charge in [-0.25, -0.2) is 4.79 Å². The van der Waals surface area contributed by atoms with Crippen LogP contribution in [0.25, 0.3) is 5.70 Å². The van der Waals surface area contributed by atoms with Crippen molar-refractivity contribution in [3.05, 3.63) is 72.3 Å². The predicted molar refractivity (Wildman–Crippen MR) is 81.4 cm³/mol. The molecule has 0 saturated heterocycles. The molecule has 100 valence electrons. The first-order valence-electron chi connectivity index (χ1n) is 6.63. The second kappa shape index (κ2) is 5.21. The van der Waals surface area contributed by atoms with Crippen molar-refractivity contribution in [2.24, 2.45) is 0 Å². The second-order valence-corrected chi connectivity index (χ2v) is 4.79. The molecule has 3 nitrogen and oxygen atoms in total. The van der Waals surface area contributed by atoms with Crippen LogP contribution in [-0.2, 0) is 0 Å². The van der Waals surface area contributed by atoms with Crippen molar-refractivity contribution in [3.63, 3.8) is 0 Å². The van der Waals surface area contributed by atoms with Gasteiger partial charge in [0, 0.05) is 13.6 Å². The molecule has 0 radical (unpaired) electrons. The van der Waals surface area contributed by atoms with E-state index in [1.165, 1.54) is 0 Å². The third-order valence-electron chi connectivity index (χ3n) is 3.40. The number of hydrogen-bond donors (Lipinski definition) is 0. The topological polar surface area (TPSA) is 23.6 Å². The maximum absolute atomic E-state index is 12.5. The highest BCUT2D eigenvalue weighted by molar-refractivity contribution is 6.06. The average molecular weight is 264 g/mol. The van der Waals surface area contributed by atoms with Gasteiger partial charge in [0.1, 0.15) is 0 Å². The van der Waals surface area contributed by atoms with E-state index in [4.69, 9.17) is 0 Å². The Morgan fingerprint density at radius 2 is 1.50 bits per heavy atom. The molecular weight excluding hydrogens is 248 g/mol. The van der Waals surface area contributed by atoms with Crippen LogP contribution >= 0.6 is 0 Å². The molecule has 3 heteroatoms. The van der Waals surface area contributed by atoms with Crippen molar-refractivity contribution in [3.8, 4) is 0 Å². The van der Waals surface area contributed by atoms with Gasteiger partial charge >= 0.3 is 6.03 Å². The van der Waals surface area contributed by atoms with Crippen molar-refractivity contribution in [1.82, 2.24) is 4.90 Å². The minimum absolute atomic E-state index is 0.00227. The van der Waals surface area contributed by atoms with Gasteiger partial charge in [0.15, 0.2) is 0 Å². The molecule has 2 aromatic rings. The van der Waals surface area contributed by atoms with Crippen LogP contribution in [0.1, 0.15) is 5.56 Å². The van der Waals surface area contributed by atoms with Crippen LogP contribution in [0.15, 0.2) is 66.7 Å². The first kappa shape index (κ1) is 12.5. The molecule has 0 aliphatic carbocycles. The van der Waals surface area contributed by atoms with Gasteiger partial charge < -0.3 is 4.90 Å². The van der Waals surface area contributed by atoms with Crippen molar-refractivity contribution >= 4 is 17.4 Å². The molecule has 0 atom stereocenters. The molecule has 1 aliphatic rings. The molecule has 0 aromatic heterocycles. The first-order chi connectivity index (χ1) is 9.77. The van der Waals surface area contributed by atoms with Crippen LogP contribution in [0, 0.1) is 0 Å². The van der Waals surface area contributed by atoms with Crippen LogP contribution < -0.4 is 4.90 Å². The summed E-state index contributed by atoms with van der Waals surface area (Å²) in [4.78, 5) is 16.0. The highest BCUT2D eigenvalue weighted by Gasteiger charge is 2.27. The number of nitrogens with zero attached hydrogens (tertiary/aromatic N) is 2. The number of benzene rings is 2. The third-order valence-corrected chi connectivity index (χ3v) is 3.40. The van der Waals surface area contributed by atoms with Gasteiger partial charge in [0.05, 0.1) is 11.4 Å². The molecule has 0 bridgehead atoms. The second-order valence-electron chi connectivity index (χ2n) is 4.79. The Morgan fingerprint density at radius 3 is 2.15 bits per heavy atom. The lowest BCUT2D eigenvalue weighted by atomic mass is 10.1. The highest BCUT2D eigenvalue weighted by Crippen LogP contribution is 2.29. The number of para-hydroxylation sites is 1. The monoisotopic (exact) mass is 264 g/mol. The van der Waals surface area contributed by atoms with Gasteiger partial charge in [-0.2, -0.15) is 0 Å². The van der Waals surface area contributed by atoms with Crippen molar-refractivity contribution in [2.75, 3.05) is 18.5 Å². The number of urea groups is 1. The van der Waals surface area contributed by atoms with E-state index in [1.54, 1.807) is 9.80 Å². The Balaban J connectivity index is 2.09. The quantitative estimate of drug-likeness (QED) is 0.813. The Kier molecular flexibility index (Phi) is 3.25. The molecule has 0 spiro atoms. The van der Waals surface area contributed by atoms with Gasteiger partial charge in [-0.1, -0.05) is 48.5 Å². The standard InChI is InChI=1S/C17H16N2O/c1-18-13-12-16(14-8-4-2-5-9-14)19(17(18)20)15-10-6-3-7-11-15/h2-12H,13H2,1H3. The smallest absolute Gasteiger partial charge is 0.323 e. The summed E-state index contributed by atoms with van der Waals surface area (Å²) < 4.78 is 0. The van der Waals surface area contributed by atoms with Crippen molar-refractivity contribution in [1.29, 1.82) is 0 Å².